The van der Waals surface area contributed by atoms with Gasteiger partial charge in [0.05, 0.1) is 17.7 Å². The number of hydrogen-bond donors (Lipinski definition) is 2. The standard InChI is InChI=1S/C19H20N4O4S/c1-23-18(11-17(22-23)14-4-3-5-15(10-14)27-2)19(24)21-12-13-6-8-16(9-7-13)28(20,25)26/h3-11H,12H2,1-2H3,(H,21,24)(H2,20,25,26). The van der Waals surface area contributed by atoms with E-state index in [9.17, 15) is 13.2 Å². The van der Waals surface area contributed by atoms with Crippen LogP contribution in [-0.2, 0) is 23.6 Å². The summed E-state index contributed by atoms with van der Waals surface area (Å²) in [6.07, 6.45) is 0. The average Bonchev–Trinajstić information content (AvgIpc) is 3.07. The molecule has 3 aromatic rings. The molecular formula is C19H20N4O4S. The van der Waals surface area contributed by atoms with Crippen molar-refractivity contribution in [1.29, 1.82) is 0 Å². The molecule has 0 unspecified atom stereocenters. The number of nitrogens with one attached hydrogen (secondary N) is 1. The summed E-state index contributed by atoms with van der Waals surface area (Å²) in [6, 6.07) is 15.1. The number of carbonyl (C=O) groups excluding carboxylic acids is 1. The highest BCUT2D eigenvalue weighted by molar-refractivity contribution is 7.89. The maximum atomic E-state index is 12.5. The van der Waals surface area contributed by atoms with E-state index >= 15 is 0 Å². The fourth-order valence-corrected chi connectivity index (χ4v) is 3.19. The summed E-state index contributed by atoms with van der Waals surface area (Å²) in [5.41, 5.74) is 2.64. The summed E-state index contributed by atoms with van der Waals surface area (Å²) in [5, 5.41) is 12.3. The van der Waals surface area contributed by atoms with Crippen LogP contribution in [0.5, 0.6) is 5.75 Å². The maximum Gasteiger partial charge on any atom is 0.269 e. The number of sulfonamides is 1. The summed E-state index contributed by atoms with van der Waals surface area (Å²) in [4.78, 5) is 12.5. The summed E-state index contributed by atoms with van der Waals surface area (Å²) in [5.74, 6) is 0.414. The fourth-order valence-electron chi connectivity index (χ4n) is 2.67. The van der Waals surface area contributed by atoms with E-state index in [4.69, 9.17) is 9.88 Å². The van der Waals surface area contributed by atoms with Crippen molar-refractivity contribution in [3.63, 3.8) is 0 Å². The van der Waals surface area contributed by atoms with Crippen LogP contribution >= 0.6 is 0 Å². The largest absolute Gasteiger partial charge is 0.497 e. The lowest BCUT2D eigenvalue weighted by Crippen LogP contribution is -2.25. The minimum absolute atomic E-state index is 0.0251. The van der Waals surface area contributed by atoms with E-state index in [0.717, 1.165) is 11.1 Å². The van der Waals surface area contributed by atoms with Crippen LogP contribution < -0.4 is 15.2 Å². The molecule has 0 aliphatic rings. The molecule has 1 heterocycles. The number of aryl methyl sites for hydroxylation is 1. The Morgan fingerprint density at radius 2 is 1.89 bits per heavy atom. The van der Waals surface area contributed by atoms with Crippen molar-refractivity contribution >= 4 is 15.9 Å². The minimum atomic E-state index is -3.74. The number of benzene rings is 2. The second-order valence-corrected chi connectivity index (χ2v) is 7.70. The van der Waals surface area contributed by atoms with Crippen molar-refractivity contribution in [2.45, 2.75) is 11.4 Å². The van der Waals surface area contributed by atoms with Crippen LogP contribution in [0.4, 0.5) is 0 Å². The van der Waals surface area contributed by atoms with Gasteiger partial charge < -0.3 is 10.1 Å². The molecule has 8 nitrogen and oxygen atoms in total. The van der Waals surface area contributed by atoms with Gasteiger partial charge in [0, 0.05) is 19.2 Å². The molecular weight excluding hydrogens is 380 g/mol. The first-order valence-electron chi connectivity index (χ1n) is 8.36. The Labute approximate surface area is 163 Å². The molecule has 0 fully saturated rings. The van der Waals surface area contributed by atoms with Gasteiger partial charge in [-0.2, -0.15) is 5.10 Å². The van der Waals surface area contributed by atoms with Crippen molar-refractivity contribution in [1.82, 2.24) is 15.1 Å². The number of carbonyl (C=O) groups is 1. The SMILES string of the molecule is COc1cccc(-c2cc(C(=O)NCc3ccc(S(N)(=O)=O)cc3)n(C)n2)c1. The van der Waals surface area contributed by atoms with Gasteiger partial charge in [0.25, 0.3) is 5.91 Å². The van der Waals surface area contributed by atoms with Crippen LogP contribution in [0, 0.1) is 0 Å². The predicted molar refractivity (Wildman–Crippen MR) is 104 cm³/mol. The average molecular weight is 400 g/mol. The molecule has 0 spiro atoms. The number of nitrogens with zero attached hydrogens (tertiary/aromatic N) is 2. The van der Waals surface area contributed by atoms with Gasteiger partial charge in [-0.25, -0.2) is 13.6 Å². The molecule has 1 aromatic heterocycles. The Kier molecular flexibility index (Phi) is 5.48. The van der Waals surface area contributed by atoms with Crippen LogP contribution in [0.1, 0.15) is 16.1 Å². The third kappa shape index (κ3) is 4.38. The van der Waals surface area contributed by atoms with Gasteiger partial charge >= 0.3 is 0 Å². The molecule has 0 saturated heterocycles. The zero-order chi connectivity index (χ0) is 20.3. The van der Waals surface area contributed by atoms with Crippen molar-refractivity contribution in [2.75, 3.05) is 7.11 Å². The van der Waals surface area contributed by atoms with Gasteiger partial charge in [0.1, 0.15) is 11.4 Å². The van der Waals surface area contributed by atoms with Gasteiger partial charge in [0.2, 0.25) is 10.0 Å². The topological polar surface area (TPSA) is 116 Å². The third-order valence-corrected chi connectivity index (χ3v) is 5.11. The van der Waals surface area contributed by atoms with E-state index in [1.807, 2.05) is 24.3 Å². The zero-order valence-corrected chi connectivity index (χ0v) is 16.2. The second-order valence-electron chi connectivity index (χ2n) is 6.14. The molecule has 0 radical (unpaired) electrons. The number of nitrogens with two attached hydrogens (primary N) is 1. The minimum Gasteiger partial charge on any atom is -0.497 e. The molecule has 0 aliphatic carbocycles. The summed E-state index contributed by atoms with van der Waals surface area (Å²) >= 11 is 0. The number of rotatable bonds is 6. The lowest BCUT2D eigenvalue weighted by atomic mass is 10.1. The van der Waals surface area contributed by atoms with Crippen molar-refractivity contribution in [2.24, 2.45) is 12.2 Å². The van der Waals surface area contributed by atoms with Crippen LogP contribution in [0.2, 0.25) is 0 Å². The predicted octanol–water partition coefficient (Wildman–Crippen LogP) is 1.67. The van der Waals surface area contributed by atoms with Gasteiger partial charge in [-0.1, -0.05) is 24.3 Å². The Morgan fingerprint density at radius 1 is 1.18 bits per heavy atom. The first kappa shape index (κ1) is 19.6. The van der Waals surface area contributed by atoms with Crippen molar-refractivity contribution < 1.29 is 17.9 Å². The molecule has 2 aromatic carbocycles. The molecule has 3 rings (SSSR count). The summed E-state index contributed by atoms with van der Waals surface area (Å²) < 4.78 is 29.3. The Balaban J connectivity index is 1.72. The molecule has 0 atom stereocenters. The van der Waals surface area contributed by atoms with Crippen LogP contribution in [0.25, 0.3) is 11.3 Å². The monoisotopic (exact) mass is 400 g/mol. The maximum absolute atomic E-state index is 12.5. The second kappa shape index (κ2) is 7.83. The molecule has 9 heteroatoms. The number of hydrogen-bond acceptors (Lipinski definition) is 5. The van der Waals surface area contributed by atoms with Gasteiger partial charge in [-0.15, -0.1) is 0 Å². The molecule has 0 aliphatic heterocycles. The van der Waals surface area contributed by atoms with Crippen LogP contribution in [0.3, 0.4) is 0 Å². The third-order valence-electron chi connectivity index (χ3n) is 4.18. The van der Waals surface area contributed by atoms with Gasteiger partial charge in [-0.3, -0.25) is 9.48 Å². The van der Waals surface area contributed by atoms with Crippen LogP contribution in [-0.4, -0.2) is 31.2 Å². The summed E-state index contributed by atoms with van der Waals surface area (Å²) in [6.45, 7) is 0.239. The molecule has 3 N–H and O–H groups in total. The Morgan fingerprint density at radius 3 is 2.54 bits per heavy atom. The number of primary sulfonamides is 1. The van der Waals surface area contributed by atoms with E-state index in [1.54, 1.807) is 32.4 Å². The smallest absolute Gasteiger partial charge is 0.269 e. The van der Waals surface area contributed by atoms with E-state index in [2.05, 4.69) is 10.4 Å². The molecule has 1 amide bonds. The quantitative estimate of drug-likeness (QED) is 0.653. The van der Waals surface area contributed by atoms with Gasteiger partial charge in [-0.05, 0) is 35.9 Å². The highest BCUT2D eigenvalue weighted by atomic mass is 32.2. The van der Waals surface area contributed by atoms with E-state index in [1.165, 1.54) is 16.8 Å². The first-order chi connectivity index (χ1) is 13.3. The van der Waals surface area contributed by atoms with E-state index in [0.29, 0.717) is 17.1 Å². The zero-order valence-electron chi connectivity index (χ0n) is 15.4. The Hall–Kier alpha value is -3.17. The lowest BCUT2D eigenvalue weighted by Gasteiger charge is -2.06. The van der Waals surface area contributed by atoms with Gasteiger partial charge in [0.15, 0.2) is 0 Å². The number of aromatic nitrogens is 2. The van der Waals surface area contributed by atoms with Crippen molar-refractivity contribution in [3.05, 3.63) is 65.9 Å². The number of methoxy groups -OCH3 is 1. The highest BCUT2D eigenvalue weighted by Crippen LogP contribution is 2.23. The fraction of sp³-hybridized carbons (Fsp3) is 0.158. The molecule has 0 saturated carbocycles. The lowest BCUT2D eigenvalue weighted by molar-refractivity contribution is 0.0941. The van der Waals surface area contributed by atoms with E-state index in [-0.39, 0.29) is 17.3 Å². The number of ether oxygens (including phenoxy) is 1. The normalized spacial score (nSPS) is 11.2. The van der Waals surface area contributed by atoms with Crippen molar-refractivity contribution in [3.8, 4) is 17.0 Å². The van der Waals surface area contributed by atoms with Crippen LogP contribution in [0.15, 0.2) is 59.5 Å². The molecule has 146 valence electrons. The molecule has 28 heavy (non-hydrogen) atoms. The highest BCUT2D eigenvalue weighted by Gasteiger charge is 2.15. The van der Waals surface area contributed by atoms with E-state index < -0.39 is 10.0 Å². The first-order valence-corrected chi connectivity index (χ1v) is 9.91. The molecule has 0 bridgehead atoms. The summed E-state index contributed by atoms with van der Waals surface area (Å²) in [7, 11) is -0.453. The number of amides is 1. The Bertz CT molecular complexity index is 1110.